The van der Waals surface area contributed by atoms with E-state index in [1.165, 1.54) is 38.5 Å². The summed E-state index contributed by atoms with van der Waals surface area (Å²) in [5.41, 5.74) is 3.96. The number of unbranched alkanes of at least 4 members (excludes halogenated alkanes) is 6. The van der Waals surface area contributed by atoms with Crippen molar-refractivity contribution in [3.05, 3.63) is 54.6 Å². The number of methoxy groups -OCH3 is 2. The minimum Gasteiger partial charge on any atom is -0.497 e. The second kappa shape index (κ2) is 12.7. The van der Waals surface area contributed by atoms with Crippen LogP contribution in [0.5, 0.6) is 11.5 Å². The zero-order valence-corrected chi connectivity index (χ0v) is 19.6. The molecule has 1 N–H and O–H groups in total. The maximum atomic E-state index is 5.32. The Morgan fingerprint density at radius 1 is 0.688 bits per heavy atom. The minimum absolute atomic E-state index is 0.805. The number of nitrogens with zero attached hydrogens (tertiary/aromatic N) is 2. The van der Waals surface area contributed by atoms with E-state index in [0.29, 0.717) is 0 Å². The summed E-state index contributed by atoms with van der Waals surface area (Å²) in [6.07, 6.45) is 9.04. The first-order valence-electron chi connectivity index (χ1n) is 11.7. The standard InChI is InChI=1S/C27H35N3O2/c1-4-5-6-7-8-9-10-19-28-26-20-25(21-11-15-23(31-2)16-12-21)27(30-29-26)22-13-17-24(32-3)18-14-22/h11-18,20H,4-10,19H2,1-3H3,(H,28,29). The average molecular weight is 434 g/mol. The number of ether oxygens (including phenoxy) is 2. The number of benzene rings is 2. The quantitative estimate of drug-likeness (QED) is 0.294. The predicted octanol–water partition coefficient (Wildman–Crippen LogP) is 6.99. The third-order valence-corrected chi connectivity index (χ3v) is 5.64. The zero-order chi connectivity index (χ0) is 22.6. The van der Waals surface area contributed by atoms with Crippen molar-refractivity contribution >= 4 is 5.82 Å². The van der Waals surface area contributed by atoms with Crippen LogP contribution in [0.15, 0.2) is 54.6 Å². The first kappa shape index (κ1) is 23.6. The van der Waals surface area contributed by atoms with Gasteiger partial charge in [-0.05, 0) is 54.4 Å². The van der Waals surface area contributed by atoms with Crippen molar-refractivity contribution in [2.75, 3.05) is 26.1 Å². The highest BCUT2D eigenvalue weighted by Gasteiger charge is 2.12. The summed E-state index contributed by atoms with van der Waals surface area (Å²) >= 11 is 0. The second-order valence-corrected chi connectivity index (χ2v) is 8.00. The summed E-state index contributed by atoms with van der Waals surface area (Å²) < 4.78 is 10.6. The molecule has 2 aromatic carbocycles. The van der Waals surface area contributed by atoms with Crippen LogP contribution in [0.1, 0.15) is 51.9 Å². The van der Waals surface area contributed by atoms with Crippen LogP contribution in [0.4, 0.5) is 5.82 Å². The lowest BCUT2D eigenvalue weighted by molar-refractivity contribution is 0.414. The molecule has 0 spiro atoms. The molecule has 0 saturated heterocycles. The molecule has 3 rings (SSSR count). The summed E-state index contributed by atoms with van der Waals surface area (Å²) in [4.78, 5) is 0. The Balaban J connectivity index is 1.74. The van der Waals surface area contributed by atoms with Crippen LogP contribution in [0, 0.1) is 0 Å². The third kappa shape index (κ3) is 6.71. The molecule has 0 aliphatic carbocycles. The zero-order valence-electron chi connectivity index (χ0n) is 19.6. The molecular formula is C27H35N3O2. The van der Waals surface area contributed by atoms with Gasteiger partial charge in [-0.15, -0.1) is 10.2 Å². The van der Waals surface area contributed by atoms with Gasteiger partial charge in [0.2, 0.25) is 0 Å². The molecule has 32 heavy (non-hydrogen) atoms. The van der Waals surface area contributed by atoms with Crippen LogP contribution < -0.4 is 14.8 Å². The Hall–Kier alpha value is -3.08. The van der Waals surface area contributed by atoms with Crippen LogP contribution >= 0.6 is 0 Å². The largest absolute Gasteiger partial charge is 0.497 e. The molecule has 5 nitrogen and oxygen atoms in total. The molecule has 0 amide bonds. The molecule has 5 heteroatoms. The maximum absolute atomic E-state index is 5.32. The fraction of sp³-hybridized carbons (Fsp3) is 0.407. The lowest BCUT2D eigenvalue weighted by Gasteiger charge is -2.13. The molecule has 0 fully saturated rings. The van der Waals surface area contributed by atoms with Crippen LogP contribution in [0.2, 0.25) is 0 Å². The van der Waals surface area contributed by atoms with E-state index in [1.807, 2.05) is 36.4 Å². The molecule has 0 bridgehead atoms. The number of hydrogen-bond acceptors (Lipinski definition) is 5. The highest BCUT2D eigenvalue weighted by molar-refractivity contribution is 5.82. The summed E-state index contributed by atoms with van der Waals surface area (Å²) in [5.74, 6) is 2.46. The lowest BCUT2D eigenvalue weighted by atomic mass is 9.99. The summed E-state index contributed by atoms with van der Waals surface area (Å²) in [6.45, 7) is 3.16. The molecule has 0 aliphatic rings. The molecule has 0 saturated carbocycles. The van der Waals surface area contributed by atoms with Gasteiger partial charge in [-0.2, -0.15) is 0 Å². The van der Waals surface area contributed by atoms with E-state index < -0.39 is 0 Å². The molecule has 0 atom stereocenters. The molecule has 0 unspecified atom stereocenters. The Morgan fingerprint density at radius 2 is 1.25 bits per heavy atom. The molecule has 1 aromatic heterocycles. The van der Waals surface area contributed by atoms with Crippen LogP contribution in [-0.2, 0) is 0 Å². The number of anilines is 1. The van der Waals surface area contributed by atoms with Gasteiger partial charge in [0, 0.05) is 17.7 Å². The van der Waals surface area contributed by atoms with Crippen LogP contribution in [0.3, 0.4) is 0 Å². The van der Waals surface area contributed by atoms with Crippen LogP contribution in [-0.4, -0.2) is 31.0 Å². The Kier molecular flexibility index (Phi) is 9.36. The van der Waals surface area contributed by atoms with Crippen molar-refractivity contribution in [3.63, 3.8) is 0 Å². The molecule has 3 aromatic rings. The van der Waals surface area contributed by atoms with Crippen molar-refractivity contribution in [2.45, 2.75) is 51.9 Å². The molecule has 0 aliphatic heterocycles. The van der Waals surface area contributed by atoms with Gasteiger partial charge >= 0.3 is 0 Å². The minimum atomic E-state index is 0.805. The van der Waals surface area contributed by atoms with Crippen molar-refractivity contribution < 1.29 is 9.47 Å². The number of hydrogen-bond donors (Lipinski definition) is 1. The van der Waals surface area contributed by atoms with E-state index in [2.05, 4.69) is 40.6 Å². The van der Waals surface area contributed by atoms with Gasteiger partial charge in [0.25, 0.3) is 0 Å². The average Bonchev–Trinajstić information content (AvgIpc) is 2.85. The van der Waals surface area contributed by atoms with Gasteiger partial charge in [-0.1, -0.05) is 57.6 Å². The third-order valence-electron chi connectivity index (χ3n) is 5.64. The molecule has 1 heterocycles. The Labute approximate surface area is 192 Å². The van der Waals surface area contributed by atoms with E-state index in [-0.39, 0.29) is 0 Å². The lowest BCUT2D eigenvalue weighted by Crippen LogP contribution is -2.05. The monoisotopic (exact) mass is 433 g/mol. The van der Waals surface area contributed by atoms with Gasteiger partial charge in [0.15, 0.2) is 0 Å². The summed E-state index contributed by atoms with van der Waals surface area (Å²) in [6, 6.07) is 18.1. The normalized spacial score (nSPS) is 10.7. The van der Waals surface area contributed by atoms with Crippen LogP contribution in [0.25, 0.3) is 22.4 Å². The highest BCUT2D eigenvalue weighted by Crippen LogP contribution is 2.33. The fourth-order valence-electron chi connectivity index (χ4n) is 3.73. The molecule has 0 radical (unpaired) electrons. The van der Waals surface area contributed by atoms with Gasteiger partial charge in [-0.3, -0.25) is 0 Å². The van der Waals surface area contributed by atoms with Gasteiger partial charge < -0.3 is 14.8 Å². The summed E-state index contributed by atoms with van der Waals surface area (Å²) in [7, 11) is 3.35. The van der Waals surface area contributed by atoms with Gasteiger partial charge in [-0.25, -0.2) is 0 Å². The van der Waals surface area contributed by atoms with Crippen molar-refractivity contribution in [2.24, 2.45) is 0 Å². The molecular weight excluding hydrogens is 398 g/mol. The summed E-state index contributed by atoms with van der Waals surface area (Å²) in [5, 5.41) is 12.5. The van der Waals surface area contributed by atoms with E-state index >= 15 is 0 Å². The molecule has 170 valence electrons. The second-order valence-electron chi connectivity index (χ2n) is 8.00. The number of rotatable bonds is 13. The first-order valence-corrected chi connectivity index (χ1v) is 11.7. The number of nitrogens with one attached hydrogen (secondary N) is 1. The van der Waals surface area contributed by atoms with Crippen molar-refractivity contribution in [3.8, 4) is 33.9 Å². The van der Waals surface area contributed by atoms with Gasteiger partial charge in [0.05, 0.1) is 14.2 Å². The van der Waals surface area contributed by atoms with Crippen molar-refractivity contribution in [1.29, 1.82) is 0 Å². The maximum Gasteiger partial charge on any atom is 0.149 e. The smallest absolute Gasteiger partial charge is 0.149 e. The Bertz CT molecular complexity index is 940. The SMILES string of the molecule is CCCCCCCCCNc1cc(-c2ccc(OC)cc2)c(-c2ccc(OC)cc2)nn1. The van der Waals surface area contributed by atoms with E-state index in [0.717, 1.165) is 52.7 Å². The topological polar surface area (TPSA) is 56.3 Å². The van der Waals surface area contributed by atoms with Crippen molar-refractivity contribution in [1.82, 2.24) is 10.2 Å². The van der Waals surface area contributed by atoms with Gasteiger partial charge in [0.1, 0.15) is 23.0 Å². The fourth-order valence-corrected chi connectivity index (χ4v) is 3.73. The van der Waals surface area contributed by atoms with E-state index in [9.17, 15) is 0 Å². The van der Waals surface area contributed by atoms with E-state index in [4.69, 9.17) is 9.47 Å². The highest BCUT2D eigenvalue weighted by atomic mass is 16.5. The number of aromatic nitrogens is 2. The Morgan fingerprint density at radius 3 is 1.84 bits per heavy atom. The predicted molar refractivity (Wildman–Crippen MR) is 132 cm³/mol. The first-order chi connectivity index (χ1) is 15.7. The van der Waals surface area contributed by atoms with E-state index in [1.54, 1.807) is 14.2 Å².